The summed E-state index contributed by atoms with van der Waals surface area (Å²) < 4.78 is 2.23. The predicted octanol–water partition coefficient (Wildman–Crippen LogP) is 2.31. The molecule has 0 bridgehead atoms. The number of rotatable bonds is 2. The Kier molecular flexibility index (Phi) is 2.64. The molecule has 0 saturated heterocycles. The summed E-state index contributed by atoms with van der Waals surface area (Å²) in [5.41, 5.74) is 9.14. The molecular weight excluding hydrogens is 250 g/mol. The molecule has 1 aliphatic heterocycles. The van der Waals surface area contributed by atoms with Gasteiger partial charge in [0.25, 0.3) is 0 Å². The Morgan fingerprint density at radius 1 is 1.53 bits per heavy atom. The second-order valence-corrected chi connectivity index (χ2v) is 5.41. The average Bonchev–Trinajstić information content (AvgIpc) is 2.89. The lowest BCUT2D eigenvalue weighted by Crippen LogP contribution is -2.11. The van der Waals surface area contributed by atoms with Crippen molar-refractivity contribution in [3.8, 4) is 0 Å². The first kappa shape index (κ1) is 10.8. The Balaban J connectivity index is 2.03. The van der Waals surface area contributed by atoms with E-state index in [2.05, 4.69) is 21.8 Å². The lowest BCUT2D eigenvalue weighted by molar-refractivity contribution is 0.777. The van der Waals surface area contributed by atoms with Crippen LogP contribution in [0.4, 0.5) is 0 Å². The van der Waals surface area contributed by atoms with Gasteiger partial charge in [-0.15, -0.1) is 11.8 Å². The standard InChI is InChI=1S/C12H11N3S2/c13-11(16)9-3-5-15-10(9)7-17-12(15)8-2-1-4-14-6-8/h1-6,12H,7H2,(H2,13,16). The van der Waals surface area contributed by atoms with Crippen LogP contribution in [0.1, 0.15) is 22.2 Å². The molecule has 86 valence electrons. The van der Waals surface area contributed by atoms with E-state index in [0.717, 1.165) is 11.3 Å². The molecule has 0 saturated carbocycles. The molecule has 3 heterocycles. The molecule has 0 amide bonds. The largest absolute Gasteiger partial charge is 0.389 e. The van der Waals surface area contributed by atoms with Gasteiger partial charge in [-0.25, -0.2) is 0 Å². The Morgan fingerprint density at radius 2 is 2.41 bits per heavy atom. The molecule has 3 nitrogen and oxygen atoms in total. The predicted molar refractivity (Wildman–Crippen MR) is 74.0 cm³/mol. The summed E-state index contributed by atoms with van der Waals surface area (Å²) in [5, 5.41) is 0.293. The van der Waals surface area contributed by atoms with Crippen LogP contribution in [-0.4, -0.2) is 14.5 Å². The average molecular weight is 261 g/mol. The first-order valence-electron chi connectivity index (χ1n) is 5.28. The van der Waals surface area contributed by atoms with Gasteiger partial charge in [-0.1, -0.05) is 18.3 Å². The fourth-order valence-electron chi connectivity index (χ4n) is 2.09. The van der Waals surface area contributed by atoms with Crippen molar-refractivity contribution in [2.24, 2.45) is 5.73 Å². The minimum atomic E-state index is 0.293. The molecule has 2 N–H and O–H groups in total. The highest BCUT2D eigenvalue weighted by atomic mass is 32.2. The van der Waals surface area contributed by atoms with Crippen molar-refractivity contribution in [2.75, 3.05) is 0 Å². The van der Waals surface area contributed by atoms with E-state index in [-0.39, 0.29) is 0 Å². The van der Waals surface area contributed by atoms with Gasteiger partial charge in [0.1, 0.15) is 10.4 Å². The molecule has 0 aromatic carbocycles. The van der Waals surface area contributed by atoms with Crippen LogP contribution in [0.15, 0.2) is 36.8 Å². The van der Waals surface area contributed by atoms with Crippen molar-refractivity contribution in [3.05, 3.63) is 53.6 Å². The molecule has 0 aliphatic carbocycles. The lowest BCUT2D eigenvalue weighted by Gasteiger charge is -2.11. The molecule has 1 unspecified atom stereocenters. The molecule has 5 heteroatoms. The van der Waals surface area contributed by atoms with Crippen LogP contribution >= 0.6 is 24.0 Å². The summed E-state index contributed by atoms with van der Waals surface area (Å²) in [6.45, 7) is 0. The van der Waals surface area contributed by atoms with Gasteiger partial charge in [0.15, 0.2) is 0 Å². The summed E-state index contributed by atoms with van der Waals surface area (Å²) in [6, 6.07) is 6.06. The zero-order chi connectivity index (χ0) is 11.8. The summed E-state index contributed by atoms with van der Waals surface area (Å²) in [4.78, 5) is 4.64. The maximum Gasteiger partial charge on any atom is 0.106 e. The van der Waals surface area contributed by atoms with Gasteiger partial charge in [-0.05, 0) is 12.1 Å². The molecular formula is C12H11N3S2. The van der Waals surface area contributed by atoms with Crippen LogP contribution in [0.5, 0.6) is 0 Å². The number of hydrogen-bond donors (Lipinski definition) is 1. The highest BCUT2D eigenvalue weighted by Gasteiger charge is 2.26. The van der Waals surface area contributed by atoms with Crippen LogP contribution in [0, 0.1) is 0 Å². The van der Waals surface area contributed by atoms with E-state index in [0.29, 0.717) is 10.4 Å². The fourth-order valence-corrected chi connectivity index (χ4v) is 3.59. The summed E-state index contributed by atoms with van der Waals surface area (Å²) >= 11 is 6.93. The zero-order valence-corrected chi connectivity index (χ0v) is 10.7. The SMILES string of the molecule is NC(=S)c1ccn2c1CSC2c1cccnc1. The smallest absolute Gasteiger partial charge is 0.106 e. The fraction of sp³-hybridized carbons (Fsp3) is 0.167. The topological polar surface area (TPSA) is 43.8 Å². The Bertz CT molecular complexity index is 562. The molecule has 1 aliphatic rings. The first-order chi connectivity index (χ1) is 8.27. The van der Waals surface area contributed by atoms with Gasteiger partial charge in [0.2, 0.25) is 0 Å². The molecule has 0 fully saturated rings. The van der Waals surface area contributed by atoms with E-state index in [1.165, 1.54) is 11.3 Å². The highest BCUT2D eigenvalue weighted by Crippen LogP contribution is 2.41. The normalized spacial score (nSPS) is 18.0. The monoisotopic (exact) mass is 261 g/mol. The van der Waals surface area contributed by atoms with Gasteiger partial charge in [0, 0.05) is 41.2 Å². The minimum Gasteiger partial charge on any atom is -0.389 e. The van der Waals surface area contributed by atoms with Gasteiger partial charge in [-0.3, -0.25) is 4.98 Å². The van der Waals surface area contributed by atoms with E-state index in [1.807, 2.05) is 30.1 Å². The third-order valence-electron chi connectivity index (χ3n) is 2.89. The second-order valence-electron chi connectivity index (χ2n) is 3.90. The van der Waals surface area contributed by atoms with Crippen molar-refractivity contribution < 1.29 is 0 Å². The summed E-state index contributed by atoms with van der Waals surface area (Å²) in [6.07, 6.45) is 5.76. The third-order valence-corrected chi connectivity index (χ3v) is 4.37. The van der Waals surface area contributed by atoms with Crippen molar-refractivity contribution in [1.29, 1.82) is 0 Å². The number of fused-ring (bicyclic) bond motifs is 1. The van der Waals surface area contributed by atoms with Gasteiger partial charge in [0.05, 0.1) is 0 Å². The number of hydrogen-bond acceptors (Lipinski definition) is 3. The molecule has 17 heavy (non-hydrogen) atoms. The maximum atomic E-state index is 5.71. The van der Waals surface area contributed by atoms with E-state index < -0.39 is 0 Å². The van der Waals surface area contributed by atoms with Crippen molar-refractivity contribution in [2.45, 2.75) is 11.1 Å². The van der Waals surface area contributed by atoms with Gasteiger partial charge >= 0.3 is 0 Å². The molecule has 0 spiro atoms. The minimum absolute atomic E-state index is 0.293. The quantitative estimate of drug-likeness (QED) is 0.843. The van der Waals surface area contributed by atoms with Crippen molar-refractivity contribution in [3.63, 3.8) is 0 Å². The Morgan fingerprint density at radius 3 is 3.12 bits per heavy atom. The number of pyridine rings is 1. The number of thioether (sulfide) groups is 1. The molecule has 3 rings (SSSR count). The van der Waals surface area contributed by atoms with Crippen LogP contribution in [0.2, 0.25) is 0 Å². The van der Waals surface area contributed by atoms with Crippen molar-refractivity contribution >= 4 is 29.0 Å². The Hall–Kier alpha value is -1.33. The second kappa shape index (κ2) is 4.16. The molecule has 1 atom stereocenters. The summed E-state index contributed by atoms with van der Waals surface area (Å²) in [7, 11) is 0. The molecule has 2 aromatic heterocycles. The number of nitrogens with zero attached hydrogens (tertiary/aromatic N) is 2. The number of thiocarbonyl (C=S) groups is 1. The van der Waals surface area contributed by atoms with E-state index in [1.54, 1.807) is 6.20 Å². The molecule has 0 radical (unpaired) electrons. The van der Waals surface area contributed by atoms with E-state index in [9.17, 15) is 0 Å². The van der Waals surface area contributed by atoms with Gasteiger partial charge in [-0.2, -0.15) is 0 Å². The van der Waals surface area contributed by atoms with Crippen LogP contribution in [-0.2, 0) is 5.75 Å². The van der Waals surface area contributed by atoms with Crippen LogP contribution in [0.25, 0.3) is 0 Å². The van der Waals surface area contributed by atoms with Crippen LogP contribution < -0.4 is 5.73 Å². The van der Waals surface area contributed by atoms with E-state index >= 15 is 0 Å². The first-order valence-corrected chi connectivity index (χ1v) is 6.74. The Labute approximate surface area is 109 Å². The van der Waals surface area contributed by atoms with Crippen LogP contribution in [0.3, 0.4) is 0 Å². The maximum absolute atomic E-state index is 5.71. The van der Waals surface area contributed by atoms with Gasteiger partial charge < -0.3 is 10.3 Å². The highest BCUT2D eigenvalue weighted by molar-refractivity contribution is 7.99. The zero-order valence-electron chi connectivity index (χ0n) is 9.04. The van der Waals surface area contributed by atoms with E-state index in [4.69, 9.17) is 18.0 Å². The summed E-state index contributed by atoms with van der Waals surface area (Å²) in [5.74, 6) is 0.944. The third kappa shape index (κ3) is 1.75. The lowest BCUT2D eigenvalue weighted by atomic mass is 10.2. The number of nitrogens with two attached hydrogens (primary N) is 1. The molecule has 2 aromatic rings. The van der Waals surface area contributed by atoms with Crippen molar-refractivity contribution in [1.82, 2.24) is 9.55 Å². The number of aromatic nitrogens is 2.